The molecule has 0 aromatic heterocycles. The predicted molar refractivity (Wildman–Crippen MR) is 153 cm³/mol. The van der Waals surface area contributed by atoms with Crippen LogP contribution in [0.3, 0.4) is 0 Å². The summed E-state index contributed by atoms with van der Waals surface area (Å²) >= 11 is 0. The highest BCUT2D eigenvalue weighted by molar-refractivity contribution is 6.32. The van der Waals surface area contributed by atoms with E-state index in [0.29, 0.717) is 0 Å². The van der Waals surface area contributed by atoms with Gasteiger partial charge in [-0.25, -0.2) is 0 Å². The summed E-state index contributed by atoms with van der Waals surface area (Å²) in [5, 5.41) is 22.6. The molecule has 7 atom stereocenters. The average Bonchev–Trinajstić information content (AvgIpc) is 2.93. The summed E-state index contributed by atoms with van der Waals surface area (Å²) in [5.41, 5.74) is 0.648. The smallest absolute Gasteiger partial charge is 0.417 e. The molecule has 240 valence electrons. The number of nitrogens with two attached hydrogens (primary N) is 1. The standard InChI is InChI=1S/C32H34F3N3O7/c1-14(15-8-6-5-7-9-15)38(4)13-17-12-20(39)22-18(24(17)32(33,34)35)10-16-11-19-25(37(2)3)27(41)23(30(36)44)29(43)31(19,45)28(42)21(16)26(22)40/h5-9,12,14,16,19,21,23,25,39,45H,10-11,13H2,1-4H3,(H2,36,44)/t14?,16-,19-,21?,23?,25-,31-/m0/s1. The van der Waals surface area contributed by atoms with Crippen molar-refractivity contribution >= 4 is 29.0 Å². The fourth-order valence-corrected chi connectivity index (χ4v) is 7.61. The first-order chi connectivity index (χ1) is 20.9. The molecule has 2 fully saturated rings. The van der Waals surface area contributed by atoms with Crippen molar-refractivity contribution in [1.29, 1.82) is 0 Å². The summed E-state index contributed by atoms with van der Waals surface area (Å²) in [6.45, 7) is 1.58. The van der Waals surface area contributed by atoms with Crippen molar-refractivity contribution in [3.8, 4) is 5.75 Å². The second-order valence-electron chi connectivity index (χ2n) is 12.6. The van der Waals surface area contributed by atoms with Crippen molar-refractivity contribution < 1.29 is 47.4 Å². The predicted octanol–water partition coefficient (Wildman–Crippen LogP) is 2.08. The Morgan fingerprint density at radius 2 is 1.71 bits per heavy atom. The van der Waals surface area contributed by atoms with Gasteiger partial charge >= 0.3 is 6.18 Å². The number of rotatable bonds is 6. The highest BCUT2D eigenvalue weighted by atomic mass is 19.4. The Hall–Kier alpha value is -3.94. The lowest BCUT2D eigenvalue weighted by atomic mass is 9.52. The number of Topliss-reactive ketones (excluding diaryl/α,β-unsaturated/α-hetero) is 4. The largest absolute Gasteiger partial charge is 0.507 e. The number of likely N-dealkylation sites (N-methyl/N-ethyl adjacent to an activating group) is 1. The molecule has 3 unspecified atom stereocenters. The van der Waals surface area contributed by atoms with Crippen LogP contribution in [0.4, 0.5) is 13.2 Å². The van der Waals surface area contributed by atoms with Gasteiger partial charge in [-0.3, -0.25) is 33.8 Å². The van der Waals surface area contributed by atoms with E-state index in [-0.39, 0.29) is 24.6 Å². The average molecular weight is 630 g/mol. The number of fused-ring (bicyclic) bond motifs is 3. The first-order valence-corrected chi connectivity index (χ1v) is 14.5. The van der Waals surface area contributed by atoms with Gasteiger partial charge in [-0.1, -0.05) is 30.3 Å². The molecular weight excluding hydrogens is 595 g/mol. The SMILES string of the molecule is CC(c1ccccc1)N(C)Cc1cc(O)c2c(c1C(F)(F)F)C[C@H]1C[C@H]3[C@H](N(C)C)C(=O)C(C(N)=O)C(=O)[C@@]3(O)C(=O)C1C2=O. The molecule has 0 aliphatic heterocycles. The van der Waals surface area contributed by atoms with Gasteiger partial charge in [-0.15, -0.1) is 0 Å². The second-order valence-corrected chi connectivity index (χ2v) is 12.6. The van der Waals surface area contributed by atoms with Gasteiger partial charge in [-0.2, -0.15) is 13.2 Å². The maximum absolute atomic E-state index is 14.8. The maximum atomic E-state index is 14.8. The zero-order chi connectivity index (χ0) is 33.3. The molecule has 2 aromatic carbocycles. The maximum Gasteiger partial charge on any atom is 0.417 e. The Labute approximate surface area is 257 Å². The van der Waals surface area contributed by atoms with Crippen LogP contribution < -0.4 is 5.73 Å². The van der Waals surface area contributed by atoms with Crippen LogP contribution in [0.15, 0.2) is 36.4 Å². The van der Waals surface area contributed by atoms with Gasteiger partial charge in [0.2, 0.25) is 5.91 Å². The van der Waals surface area contributed by atoms with Gasteiger partial charge in [0.15, 0.2) is 34.7 Å². The Kier molecular flexibility index (Phi) is 8.04. The number of halogens is 3. The second kappa shape index (κ2) is 11.1. The van der Waals surface area contributed by atoms with Crippen molar-refractivity contribution in [3.05, 3.63) is 64.2 Å². The molecule has 10 nitrogen and oxygen atoms in total. The molecule has 3 aliphatic rings. The monoisotopic (exact) mass is 629 g/mol. The first kappa shape index (κ1) is 32.5. The molecule has 2 aromatic rings. The van der Waals surface area contributed by atoms with Crippen LogP contribution in [-0.4, -0.2) is 81.8 Å². The van der Waals surface area contributed by atoms with Gasteiger partial charge in [0, 0.05) is 18.5 Å². The molecule has 4 N–H and O–H groups in total. The molecule has 3 aliphatic carbocycles. The summed E-state index contributed by atoms with van der Waals surface area (Å²) in [6, 6.07) is 8.31. The number of hydrogen-bond acceptors (Lipinski definition) is 9. The molecule has 0 saturated heterocycles. The van der Waals surface area contributed by atoms with Crippen molar-refractivity contribution in [2.75, 3.05) is 21.1 Å². The number of nitrogens with zero attached hydrogens (tertiary/aromatic N) is 2. The number of primary amides is 1. The van der Waals surface area contributed by atoms with Gasteiger partial charge < -0.3 is 15.9 Å². The molecule has 5 rings (SSSR count). The third kappa shape index (κ3) is 4.97. The Bertz CT molecular complexity index is 1610. The summed E-state index contributed by atoms with van der Waals surface area (Å²) in [5.74, 6) is -13.5. The molecule has 45 heavy (non-hydrogen) atoms. The normalized spacial score (nSPS) is 29.0. The van der Waals surface area contributed by atoms with Gasteiger partial charge in [0.25, 0.3) is 0 Å². The van der Waals surface area contributed by atoms with E-state index in [0.717, 1.165) is 11.6 Å². The first-order valence-electron chi connectivity index (χ1n) is 14.5. The van der Waals surface area contributed by atoms with E-state index in [1.807, 2.05) is 37.3 Å². The van der Waals surface area contributed by atoms with Crippen LogP contribution in [0.2, 0.25) is 0 Å². The summed E-state index contributed by atoms with van der Waals surface area (Å²) in [4.78, 5) is 69.5. The van der Waals surface area contributed by atoms with Crippen LogP contribution in [0, 0.1) is 23.7 Å². The van der Waals surface area contributed by atoms with E-state index in [1.54, 1.807) is 11.9 Å². The lowest BCUT2D eigenvalue weighted by Crippen LogP contribution is -2.74. The highest BCUT2D eigenvalue weighted by Crippen LogP contribution is 2.53. The fraction of sp³-hybridized carbons (Fsp3) is 0.469. The zero-order valence-electron chi connectivity index (χ0n) is 25.1. The Balaban J connectivity index is 1.61. The number of ketones is 4. The summed E-state index contributed by atoms with van der Waals surface area (Å²) in [6.07, 6.45) is -5.79. The molecular formula is C32H34F3N3O7. The van der Waals surface area contributed by atoms with E-state index < -0.39 is 99.4 Å². The molecule has 1 amide bonds. The topological polar surface area (TPSA) is 158 Å². The third-order valence-electron chi connectivity index (χ3n) is 9.79. The van der Waals surface area contributed by atoms with E-state index in [4.69, 9.17) is 5.73 Å². The number of hydrogen-bond donors (Lipinski definition) is 3. The fourth-order valence-electron chi connectivity index (χ4n) is 7.61. The third-order valence-corrected chi connectivity index (χ3v) is 9.79. The number of phenolic OH excluding ortho intramolecular Hbond substituents is 1. The number of alkyl halides is 3. The molecule has 0 bridgehead atoms. The lowest BCUT2D eigenvalue weighted by molar-refractivity contribution is -0.181. The quantitative estimate of drug-likeness (QED) is 0.407. The Morgan fingerprint density at radius 3 is 2.27 bits per heavy atom. The van der Waals surface area contributed by atoms with Crippen LogP contribution in [0.25, 0.3) is 0 Å². The van der Waals surface area contributed by atoms with Crippen molar-refractivity contribution in [1.82, 2.24) is 9.80 Å². The van der Waals surface area contributed by atoms with Crippen LogP contribution in [-0.2, 0) is 38.3 Å². The van der Waals surface area contributed by atoms with Crippen molar-refractivity contribution in [2.24, 2.45) is 29.4 Å². The molecule has 13 heteroatoms. The van der Waals surface area contributed by atoms with E-state index in [1.165, 1.54) is 19.0 Å². The van der Waals surface area contributed by atoms with E-state index >= 15 is 0 Å². The van der Waals surface area contributed by atoms with Gasteiger partial charge in [0.1, 0.15) is 5.75 Å². The molecule has 2 saturated carbocycles. The number of benzene rings is 2. The number of aliphatic hydroxyl groups is 1. The lowest BCUT2D eigenvalue weighted by Gasteiger charge is -2.52. The van der Waals surface area contributed by atoms with Crippen LogP contribution in [0.1, 0.15) is 52.0 Å². The minimum Gasteiger partial charge on any atom is -0.507 e. The van der Waals surface area contributed by atoms with Crippen molar-refractivity contribution in [3.63, 3.8) is 0 Å². The zero-order valence-corrected chi connectivity index (χ0v) is 25.1. The summed E-state index contributed by atoms with van der Waals surface area (Å²) in [7, 11) is 4.48. The van der Waals surface area contributed by atoms with Crippen LogP contribution >= 0.6 is 0 Å². The van der Waals surface area contributed by atoms with Crippen molar-refractivity contribution in [2.45, 2.75) is 50.2 Å². The minimum atomic E-state index is -4.95. The number of phenols is 1. The van der Waals surface area contributed by atoms with Gasteiger partial charge in [-0.05, 0) is 69.6 Å². The number of aromatic hydroxyl groups is 1. The molecule has 0 spiro atoms. The summed E-state index contributed by atoms with van der Waals surface area (Å²) < 4.78 is 44.5. The minimum absolute atomic E-state index is 0.241. The van der Waals surface area contributed by atoms with E-state index in [2.05, 4.69) is 0 Å². The van der Waals surface area contributed by atoms with Crippen LogP contribution in [0.5, 0.6) is 5.75 Å². The number of carbonyl (C=O) groups is 5. The molecule has 0 heterocycles. The number of carbonyl (C=O) groups excluding carboxylic acids is 5. The molecule has 0 radical (unpaired) electrons. The Morgan fingerprint density at radius 1 is 1.09 bits per heavy atom. The number of amides is 1. The highest BCUT2D eigenvalue weighted by Gasteiger charge is 2.69. The van der Waals surface area contributed by atoms with Gasteiger partial charge in [0.05, 0.1) is 23.1 Å². The van der Waals surface area contributed by atoms with E-state index in [9.17, 15) is 47.4 Å².